The molecule has 6 rings (SSSR count). The number of esters is 3. The van der Waals surface area contributed by atoms with Crippen molar-refractivity contribution in [2.45, 2.75) is 118 Å². The number of carbonyl (C=O) groups is 5. The first kappa shape index (κ1) is 37.2. The lowest BCUT2D eigenvalue weighted by atomic mass is 9.36. The van der Waals surface area contributed by atoms with Crippen molar-refractivity contribution >= 4 is 29.5 Å². The largest absolute Gasteiger partial charge is 0.462 e. The van der Waals surface area contributed by atoms with Crippen LogP contribution in [0.3, 0.4) is 0 Å². The SMILES string of the molecule is C=C1C=C2[C@@]3(C)C(CC[C@@]2(C)[C@@H]1C1COC(C)(C)C(=O)C(=O)C1)[C@]1(C)C(C[C@H]3OC(C)=O)C(C)(C)[C@H](OC(=O)c2ccccc2)C[C@@H]1OC(C)=O. The van der Waals surface area contributed by atoms with E-state index >= 15 is 0 Å². The Labute approximate surface area is 301 Å². The highest BCUT2D eigenvalue weighted by Crippen LogP contribution is 2.74. The molecule has 5 aliphatic rings. The van der Waals surface area contributed by atoms with Gasteiger partial charge in [-0.05, 0) is 74.3 Å². The Morgan fingerprint density at radius 2 is 1.45 bits per heavy atom. The third kappa shape index (κ3) is 5.73. The number of hydrogen-bond donors (Lipinski definition) is 0. The van der Waals surface area contributed by atoms with E-state index in [4.69, 9.17) is 18.9 Å². The van der Waals surface area contributed by atoms with E-state index in [2.05, 4.69) is 47.3 Å². The molecule has 1 aromatic carbocycles. The number of hydrogen-bond acceptors (Lipinski definition) is 9. The smallest absolute Gasteiger partial charge is 0.338 e. The quantitative estimate of drug-likeness (QED) is 0.181. The zero-order chi connectivity index (χ0) is 37.5. The van der Waals surface area contributed by atoms with Crippen LogP contribution in [0.5, 0.6) is 0 Å². The zero-order valence-corrected chi connectivity index (χ0v) is 31.6. The molecule has 276 valence electrons. The number of rotatable bonds is 5. The lowest BCUT2D eigenvalue weighted by Crippen LogP contribution is -2.70. The molecule has 0 aromatic heterocycles. The molecule has 9 nitrogen and oxygen atoms in total. The van der Waals surface area contributed by atoms with Crippen LogP contribution in [0.2, 0.25) is 0 Å². The lowest BCUT2D eigenvalue weighted by molar-refractivity contribution is -0.259. The molecule has 9 heteroatoms. The molecule has 0 amide bonds. The van der Waals surface area contributed by atoms with Crippen molar-refractivity contribution in [1.29, 1.82) is 0 Å². The minimum atomic E-state index is -1.19. The van der Waals surface area contributed by atoms with E-state index in [9.17, 15) is 24.0 Å². The number of Topliss-reactive ketones (excluding diaryl/α,β-unsaturated/α-hetero) is 2. The fourth-order valence-corrected chi connectivity index (χ4v) is 11.7. The Morgan fingerprint density at radius 3 is 2.08 bits per heavy atom. The summed E-state index contributed by atoms with van der Waals surface area (Å²) in [7, 11) is 0. The molecule has 4 aliphatic carbocycles. The van der Waals surface area contributed by atoms with Gasteiger partial charge in [0.1, 0.15) is 23.9 Å². The van der Waals surface area contributed by atoms with E-state index in [0.717, 1.165) is 24.0 Å². The standard InChI is InChI=1S/C42H54O9/c1-23-18-31-40(8,35(23)27-19-28(45)36(46)39(6,7)48-22-27)17-16-29-41(9)30(20-33(42(29,31)10)49-24(2)43)38(4,5)32(21-34(41)50-25(3)44)51-37(47)26-14-12-11-13-15-26/h11-15,18,27,29-30,32-35H,1,16-17,19-22H2,2-10H3/t27?,29?,30?,32-,33-,34+,35+,40-,41-,42-/m1/s1. The van der Waals surface area contributed by atoms with E-state index in [1.807, 2.05) is 6.07 Å². The van der Waals surface area contributed by atoms with Crippen LogP contribution in [0.15, 0.2) is 54.1 Å². The summed E-state index contributed by atoms with van der Waals surface area (Å²) in [5.74, 6) is -2.82. The molecule has 3 unspecified atom stereocenters. The molecule has 1 heterocycles. The molecule has 0 spiro atoms. The van der Waals surface area contributed by atoms with Crippen LogP contribution in [0.1, 0.15) is 105 Å². The summed E-state index contributed by atoms with van der Waals surface area (Å²) < 4.78 is 25.0. The van der Waals surface area contributed by atoms with Gasteiger partial charge in [0, 0.05) is 42.9 Å². The van der Waals surface area contributed by atoms with Crippen molar-refractivity contribution < 1.29 is 42.9 Å². The first-order chi connectivity index (χ1) is 23.7. The monoisotopic (exact) mass is 702 g/mol. The number of ketones is 2. The Bertz CT molecular complexity index is 1690. The van der Waals surface area contributed by atoms with Gasteiger partial charge in [0.25, 0.3) is 0 Å². The molecule has 51 heavy (non-hydrogen) atoms. The number of allylic oxidation sites excluding steroid dienone is 2. The molecular formula is C42H54O9. The Kier molecular flexibility index (Phi) is 9.13. The van der Waals surface area contributed by atoms with Crippen LogP contribution in [0.4, 0.5) is 0 Å². The average molecular weight is 703 g/mol. The highest BCUT2D eigenvalue weighted by molar-refractivity contribution is 6.40. The van der Waals surface area contributed by atoms with Gasteiger partial charge >= 0.3 is 17.9 Å². The van der Waals surface area contributed by atoms with Crippen LogP contribution in [-0.4, -0.2) is 60.0 Å². The molecule has 10 atom stereocenters. The molecule has 0 bridgehead atoms. The maximum absolute atomic E-state index is 13.4. The van der Waals surface area contributed by atoms with Crippen molar-refractivity contribution in [3.63, 3.8) is 0 Å². The molecule has 3 saturated carbocycles. The third-order valence-electron chi connectivity index (χ3n) is 14.0. The van der Waals surface area contributed by atoms with Crippen LogP contribution < -0.4 is 0 Å². The topological polar surface area (TPSA) is 122 Å². The second-order valence-corrected chi connectivity index (χ2v) is 17.6. The molecule has 1 aliphatic heterocycles. The second kappa shape index (κ2) is 12.5. The fourth-order valence-electron chi connectivity index (χ4n) is 11.7. The van der Waals surface area contributed by atoms with Gasteiger partial charge in [-0.25, -0.2) is 4.79 Å². The Morgan fingerprint density at radius 1 is 0.824 bits per heavy atom. The van der Waals surface area contributed by atoms with Gasteiger partial charge in [0.05, 0.1) is 12.2 Å². The zero-order valence-electron chi connectivity index (χ0n) is 31.6. The molecule has 1 saturated heterocycles. The minimum absolute atomic E-state index is 0.0851. The average Bonchev–Trinajstić information content (AvgIpc) is 3.27. The van der Waals surface area contributed by atoms with E-state index in [1.165, 1.54) is 13.8 Å². The molecule has 4 fully saturated rings. The number of carbonyl (C=O) groups excluding carboxylic acids is 5. The van der Waals surface area contributed by atoms with Crippen molar-refractivity contribution in [3.8, 4) is 0 Å². The van der Waals surface area contributed by atoms with Crippen LogP contribution in [0.25, 0.3) is 0 Å². The second-order valence-electron chi connectivity index (χ2n) is 17.6. The summed E-state index contributed by atoms with van der Waals surface area (Å²) in [6.45, 7) is 21.8. The molecule has 0 radical (unpaired) electrons. The van der Waals surface area contributed by atoms with Crippen LogP contribution in [-0.2, 0) is 38.1 Å². The summed E-state index contributed by atoms with van der Waals surface area (Å²) >= 11 is 0. The fraction of sp³-hybridized carbons (Fsp3) is 0.643. The minimum Gasteiger partial charge on any atom is -0.462 e. The number of ether oxygens (including phenoxy) is 4. The molecule has 1 aromatic rings. The van der Waals surface area contributed by atoms with E-state index in [1.54, 1.807) is 38.1 Å². The Balaban J connectivity index is 1.42. The first-order valence-electron chi connectivity index (χ1n) is 18.4. The van der Waals surface area contributed by atoms with E-state index in [-0.39, 0.29) is 42.7 Å². The van der Waals surface area contributed by atoms with Crippen molar-refractivity contribution in [2.75, 3.05) is 6.61 Å². The van der Waals surface area contributed by atoms with E-state index < -0.39 is 69.1 Å². The van der Waals surface area contributed by atoms with Gasteiger partial charge < -0.3 is 18.9 Å². The van der Waals surface area contributed by atoms with E-state index in [0.29, 0.717) is 18.4 Å². The summed E-state index contributed by atoms with van der Waals surface area (Å²) in [4.78, 5) is 65.3. The van der Waals surface area contributed by atoms with Gasteiger partial charge in [0.2, 0.25) is 11.6 Å². The predicted octanol–water partition coefficient (Wildman–Crippen LogP) is 7.02. The van der Waals surface area contributed by atoms with Gasteiger partial charge in [-0.15, -0.1) is 0 Å². The van der Waals surface area contributed by atoms with Crippen molar-refractivity contribution in [2.24, 2.45) is 45.3 Å². The summed E-state index contributed by atoms with van der Waals surface area (Å²) in [5.41, 5.74) is -1.05. The Hall–Kier alpha value is -3.59. The van der Waals surface area contributed by atoms with Gasteiger partial charge in [0.15, 0.2) is 0 Å². The summed E-state index contributed by atoms with van der Waals surface area (Å²) in [6, 6.07) is 8.87. The van der Waals surface area contributed by atoms with Crippen molar-refractivity contribution in [3.05, 3.63) is 59.7 Å². The summed E-state index contributed by atoms with van der Waals surface area (Å²) in [5, 5.41) is 0. The van der Waals surface area contributed by atoms with Crippen molar-refractivity contribution in [1.82, 2.24) is 0 Å². The van der Waals surface area contributed by atoms with Gasteiger partial charge in [-0.1, -0.05) is 76.6 Å². The van der Waals surface area contributed by atoms with Gasteiger partial charge in [-0.3, -0.25) is 19.2 Å². The number of benzene rings is 1. The molecular weight excluding hydrogens is 648 g/mol. The highest BCUT2D eigenvalue weighted by atomic mass is 16.6. The maximum Gasteiger partial charge on any atom is 0.338 e. The predicted molar refractivity (Wildman–Crippen MR) is 189 cm³/mol. The maximum atomic E-state index is 13.4. The number of fused-ring (bicyclic) bond motifs is 5. The normalized spacial score (nSPS) is 39.7. The third-order valence-corrected chi connectivity index (χ3v) is 14.0. The first-order valence-corrected chi connectivity index (χ1v) is 18.4. The summed E-state index contributed by atoms with van der Waals surface area (Å²) in [6.07, 6.45) is 2.83. The molecule has 0 N–H and O–H groups in total. The van der Waals surface area contributed by atoms with Crippen LogP contribution in [0, 0.1) is 45.3 Å². The van der Waals surface area contributed by atoms with Gasteiger partial charge in [-0.2, -0.15) is 0 Å². The van der Waals surface area contributed by atoms with Crippen LogP contribution >= 0.6 is 0 Å². The highest BCUT2D eigenvalue weighted by Gasteiger charge is 2.73. The lowest BCUT2D eigenvalue weighted by Gasteiger charge is -2.70.